The highest BCUT2D eigenvalue weighted by Crippen LogP contribution is 2.45. The molecule has 0 saturated carbocycles. The Labute approximate surface area is 219 Å². The first-order valence-corrected chi connectivity index (χ1v) is 13.1. The largest absolute Gasteiger partial charge is 0.326 e. The number of amides is 2. The molecule has 1 aliphatic heterocycles. The zero-order chi connectivity index (χ0) is 26.0. The number of carbonyl (C=O) groups excluding carboxylic acids is 2. The third kappa shape index (κ3) is 5.19. The van der Waals surface area contributed by atoms with E-state index in [1.807, 2.05) is 36.4 Å². The van der Waals surface area contributed by atoms with E-state index < -0.39 is 0 Å². The topological polar surface area (TPSA) is 49.4 Å². The molecule has 4 nitrogen and oxygen atoms in total. The molecular weight excluding hydrogens is 468 g/mol. The molecule has 3 aromatic rings. The summed E-state index contributed by atoms with van der Waals surface area (Å²) < 4.78 is 0. The molecule has 3 aromatic carbocycles. The minimum atomic E-state index is -0.362. The lowest BCUT2D eigenvalue weighted by molar-refractivity contribution is -0.123. The molecule has 1 aliphatic rings. The summed E-state index contributed by atoms with van der Waals surface area (Å²) in [4.78, 5) is 28.6. The Bertz CT molecular complexity index is 1230. The van der Waals surface area contributed by atoms with Crippen molar-refractivity contribution in [3.63, 3.8) is 0 Å². The van der Waals surface area contributed by atoms with Crippen LogP contribution in [0.1, 0.15) is 80.5 Å². The molecule has 188 valence electrons. The number of nitrogens with one attached hydrogen (secondary N) is 1. The van der Waals surface area contributed by atoms with Gasteiger partial charge in [0.1, 0.15) is 0 Å². The van der Waals surface area contributed by atoms with Crippen LogP contribution < -0.4 is 10.2 Å². The van der Waals surface area contributed by atoms with Gasteiger partial charge in [-0.05, 0) is 58.7 Å². The third-order valence-electron chi connectivity index (χ3n) is 7.21. The predicted octanol–water partition coefficient (Wildman–Crippen LogP) is 7.73. The lowest BCUT2D eigenvalue weighted by atomic mass is 9.74. The average Bonchev–Trinajstić information content (AvgIpc) is 2.85. The van der Waals surface area contributed by atoms with Crippen molar-refractivity contribution in [2.75, 3.05) is 17.3 Å². The first kappa shape index (κ1) is 26.0. The number of fused-ring (bicyclic) bond motifs is 1. The number of hydrogen-bond donors (Lipinski definition) is 1. The monoisotopic (exact) mass is 502 g/mol. The van der Waals surface area contributed by atoms with Gasteiger partial charge in [0.25, 0.3) is 0 Å². The van der Waals surface area contributed by atoms with E-state index in [-0.39, 0.29) is 41.9 Å². The lowest BCUT2D eigenvalue weighted by Gasteiger charge is -2.38. The molecule has 0 aliphatic carbocycles. The molecule has 0 aromatic heterocycles. The molecule has 0 fully saturated rings. The van der Waals surface area contributed by atoms with E-state index >= 15 is 0 Å². The first-order valence-electron chi connectivity index (χ1n) is 12.7. The number of nitrogens with zero attached hydrogens (tertiary/aromatic N) is 1. The van der Waals surface area contributed by atoms with Gasteiger partial charge in [0.2, 0.25) is 11.8 Å². The van der Waals surface area contributed by atoms with Gasteiger partial charge in [0.15, 0.2) is 0 Å². The van der Waals surface area contributed by atoms with Gasteiger partial charge in [-0.1, -0.05) is 87.8 Å². The number of rotatable bonds is 7. The van der Waals surface area contributed by atoms with E-state index in [4.69, 9.17) is 11.6 Å². The van der Waals surface area contributed by atoms with Crippen LogP contribution >= 0.6 is 11.6 Å². The normalized spacial score (nSPS) is 17.4. The highest BCUT2D eigenvalue weighted by atomic mass is 35.5. The van der Waals surface area contributed by atoms with E-state index in [1.54, 1.807) is 11.9 Å². The molecule has 0 saturated heterocycles. The summed E-state index contributed by atoms with van der Waals surface area (Å²) in [6.07, 6.45) is 0.703. The molecule has 5 heteroatoms. The van der Waals surface area contributed by atoms with Crippen LogP contribution in [0, 0.1) is 5.92 Å². The standard InChI is InChI=1S/C31H35ClN2O2/c1-19(2)23-12-9-13-24(20(3)4)30(23)33-28(35)17-15-25-29(21-10-7-6-8-11-21)26-18-22(32)14-16-27(26)34(5)31(25)36/h6-14,16,18-20,25,29H,15,17H2,1-5H3,(H,33,35). The van der Waals surface area contributed by atoms with Gasteiger partial charge in [0.05, 0.1) is 0 Å². The van der Waals surface area contributed by atoms with E-state index in [2.05, 4.69) is 63.3 Å². The van der Waals surface area contributed by atoms with Crippen molar-refractivity contribution in [2.24, 2.45) is 5.92 Å². The van der Waals surface area contributed by atoms with E-state index in [9.17, 15) is 9.59 Å². The van der Waals surface area contributed by atoms with Gasteiger partial charge in [0, 0.05) is 41.7 Å². The molecule has 0 radical (unpaired) electrons. The fraction of sp³-hybridized carbons (Fsp3) is 0.355. The van der Waals surface area contributed by atoms with Crippen LogP contribution in [-0.2, 0) is 9.59 Å². The van der Waals surface area contributed by atoms with Gasteiger partial charge < -0.3 is 10.2 Å². The fourth-order valence-electron chi connectivity index (χ4n) is 5.35. The van der Waals surface area contributed by atoms with Gasteiger partial charge in [-0.15, -0.1) is 0 Å². The summed E-state index contributed by atoms with van der Waals surface area (Å²) in [6, 6.07) is 22.0. The zero-order valence-corrected chi connectivity index (χ0v) is 22.5. The molecule has 0 bridgehead atoms. The van der Waals surface area contributed by atoms with Crippen molar-refractivity contribution < 1.29 is 9.59 Å². The maximum absolute atomic E-state index is 13.6. The Morgan fingerprint density at radius 2 is 1.58 bits per heavy atom. The molecule has 1 heterocycles. The molecule has 4 rings (SSSR count). The number of anilines is 2. The van der Waals surface area contributed by atoms with Crippen LogP contribution in [0.3, 0.4) is 0 Å². The number of carbonyl (C=O) groups is 2. The summed E-state index contributed by atoms with van der Waals surface area (Å²) in [5, 5.41) is 3.84. The number of benzene rings is 3. The molecule has 2 atom stereocenters. The smallest absolute Gasteiger partial charge is 0.230 e. The summed E-state index contributed by atoms with van der Waals surface area (Å²) in [7, 11) is 1.80. The maximum Gasteiger partial charge on any atom is 0.230 e. The van der Waals surface area contributed by atoms with Crippen LogP contribution in [0.25, 0.3) is 0 Å². The van der Waals surface area contributed by atoms with Crippen LogP contribution in [0.5, 0.6) is 0 Å². The molecule has 2 unspecified atom stereocenters. The molecule has 2 amide bonds. The average molecular weight is 503 g/mol. The molecule has 1 N–H and O–H groups in total. The van der Waals surface area contributed by atoms with Gasteiger partial charge in [-0.3, -0.25) is 9.59 Å². The Morgan fingerprint density at radius 3 is 2.19 bits per heavy atom. The summed E-state index contributed by atoms with van der Waals surface area (Å²) in [5.41, 5.74) is 6.12. The minimum Gasteiger partial charge on any atom is -0.326 e. The maximum atomic E-state index is 13.6. The predicted molar refractivity (Wildman–Crippen MR) is 149 cm³/mol. The summed E-state index contributed by atoms with van der Waals surface area (Å²) >= 11 is 6.39. The lowest BCUT2D eigenvalue weighted by Crippen LogP contribution is -2.41. The zero-order valence-electron chi connectivity index (χ0n) is 21.7. The van der Waals surface area contributed by atoms with Crippen LogP contribution in [-0.4, -0.2) is 18.9 Å². The first-order chi connectivity index (χ1) is 17.2. The number of hydrogen-bond acceptors (Lipinski definition) is 2. The van der Waals surface area contributed by atoms with Crippen LogP contribution in [0.15, 0.2) is 66.7 Å². The van der Waals surface area contributed by atoms with Crippen molar-refractivity contribution in [1.29, 1.82) is 0 Å². The SMILES string of the molecule is CC(C)c1cccc(C(C)C)c1NC(=O)CCC1C(=O)N(C)c2ccc(Cl)cc2C1c1ccccc1. The quantitative estimate of drug-likeness (QED) is 0.359. The Hall–Kier alpha value is -3.11. The van der Waals surface area contributed by atoms with Crippen LogP contribution in [0.4, 0.5) is 11.4 Å². The third-order valence-corrected chi connectivity index (χ3v) is 7.45. The Balaban J connectivity index is 1.63. The summed E-state index contributed by atoms with van der Waals surface area (Å²) in [6.45, 7) is 8.55. The van der Waals surface area contributed by atoms with Crippen molar-refractivity contribution in [3.05, 3.63) is 94.0 Å². The number of para-hydroxylation sites is 1. The van der Waals surface area contributed by atoms with Gasteiger partial charge in [-0.2, -0.15) is 0 Å². The van der Waals surface area contributed by atoms with Crippen molar-refractivity contribution in [1.82, 2.24) is 0 Å². The molecule has 36 heavy (non-hydrogen) atoms. The minimum absolute atomic E-state index is 0.0249. The highest BCUT2D eigenvalue weighted by Gasteiger charge is 2.39. The second-order valence-corrected chi connectivity index (χ2v) is 10.7. The fourth-order valence-corrected chi connectivity index (χ4v) is 5.53. The second kappa shape index (κ2) is 10.9. The van der Waals surface area contributed by atoms with E-state index in [1.165, 1.54) is 0 Å². The van der Waals surface area contributed by atoms with Crippen molar-refractivity contribution in [2.45, 2.75) is 58.3 Å². The second-order valence-electron chi connectivity index (χ2n) is 10.3. The molecular formula is C31H35ClN2O2. The number of halogens is 1. The van der Waals surface area contributed by atoms with Crippen LogP contribution in [0.2, 0.25) is 5.02 Å². The summed E-state index contributed by atoms with van der Waals surface area (Å²) in [5.74, 6) is 0.0123. The highest BCUT2D eigenvalue weighted by molar-refractivity contribution is 6.30. The van der Waals surface area contributed by atoms with Gasteiger partial charge in [-0.25, -0.2) is 0 Å². The van der Waals surface area contributed by atoms with Gasteiger partial charge >= 0.3 is 0 Å². The van der Waals surface area contributed by atoms with E-state index in [0.29, 0.717) is 11.4 Å². The van der Waals surface area contributed by atoms with E-state index in [0.717, 1.165) is 33.6 Å². The Morgan fingerprint density at radius 1 is 0.944 bits per heavy atom. The van der Waals surface area contributed by atoms with Crippen molar-refractivity contribution in [3.8, 4) is 0 Å². The Kier molecular flexibility index (Phi) is 7.85. The molecule has 0 spiro atoms. The van der Waals surface area contributed by atoms with Crippen molar-refractivity contribution >= 4 is 34.8 Å².